The van der Waals surface area contributed by atoms with Crippen molar-refractivity contribution in [1.82, 2.24) is 4.90 Å². The molecule has 0 spiro atoms. The zero-order chi connectivity index (χ0) is 15.3. The molecule has 0 aromatic rings. The maximum Gasteiger partial charge on any atom is 0.232 e. The van der Waals surface area contributed by atoms with Gasteiger partial charge in [0.2, 0.25) is 5.91 Å². The van der Waals surface area contributed by atoms with E-state index in [1.54, 1.807) is 7.11 Å². The lowest BCUT2D eigenvalue weighted by Gasteiger charge is -2.42. The van der Waals surface area contributed by atoms with Crippen LogP contribution >= 0.6 is 0 Å². The topological polar surface area (TPSA) is 29.5 Å². The van der Waals surface area contributed by atoms with Gasteiger partial charge in [-0.3, -0.25) is 4.79 Å². The van der Waals surface area contributed by atoms with Crippen LogP contribution in [0.5, 0.6) is 0 Å². The number of hydrogen-bond donors (Lipinski definition) is 0. The Balaban J connectivity index is 1.78. The summed E-state index contributed by atoms with van der Waals surface area (Å²) >= 11 is 0. The lowest BCUT2D eigenvalue weighted by molar-refractivity contribution is -0.142. The SMILES string of the molecule is C=C1C(C)(C)[C@H]2CC[C@@]1(C(=O)N1CCC[C@H](COC)C1)C2. The summed E-state index contributed by atoms with van der Waals surface area (Å²) in [5.41, 5.74) is 1.09. The Hall–Kier alpha value is -0.830. The molecule has 1 aliphatic heterocycles. The molecule has 1 amide bonds. The van der Waals surface area contributed by atoms with Crippen LogP contribution in [0.3, 0.4) is 0 Å². The normalized spacial score (nSPS) is 38.0. The highest BCUT2D eigenvalue weighted by molar-refractivity contribution is 5.87. The van der Waals surface area contributed by atoms with Gasteiger partial charge < -0.3 is 9.64 Å². The van der Waals surface area contributed by atoms with E-state index in [4.69, 9.17) is 4.74 Å². The average Bonchev–Trinajstić information content (AvgIpc) is 2.99. The monoisotopic (exact) mass is 291 g/mol. The van der Waals surface area contributed by atoms with Gasteiger partial charge >= 0.3 is 0 Å². The lowest BCUT2D eigenvalue weighted by Crippen LogP contribution is -2.48. The maximum atomic E-state index is 13.3. The second-order valence-corrected chi connectivity index (χ2v) is 7.94. The second-order valence-electron chi connectivity index (χ2n) is 7.94. The molecule has 2 saturated carbocycles. The number of carbonyl (C=O) groups is 1. The van der Waals surface area contributed by atoms with E-state index in [-0.39, 0.29) is 10.8 Å². The van der Waals surface area contributed by atoms with Gasteiger partial charge in [0.15, 0.2) is 0 Å². The Bertz CT molecular complexity index is 454. The Labute approximate surface area is 128 Å². The van der Waals surface area contributed by atoms with Gasteiger partial charge in [-0.1, -0.05) is 26.0 Å². The van der Waals surface area contributed by atoms with E-state index in [1.807, 2.05) is 0 Å². The molecule has 3 atom stereocenters. The predicted molar refractivity (Wildman–Crippen MR) is 83.9 cm³/mol. The minimum absolute atomic E-state index is 0.135. The molecule has 0 N–H and O–H groups in total. The molecule has 0 radical (unpaired) electrons. The molecule has 2 aliphatic carbocycles. The van der Waals surface area contributed by atoms with Gasteiger partial charge in [-0.2, -0.15) is 0 Å². The largest absolute Gasteiger partial charge is 0.384 e. The quantitative estimate of drug-likeness (QED) is 0.747. The van der Waals surface area contributed by atoms with Gasteiger partial charge in [-0.25, -0.2) is 0 Å². The zero-order valence-corrected chi connectivity index (χ0v) is 13.8. The number of carbonyl (C=O) groups excluding carboxylic acids is 1. The van der Waals surface area contributed by atoms with Crippen molar-refractivity contribution in [3.63, 3.8) is 0 Å². The number of rotatable bonds is 3. The summed E-state index contributed by atoms with van der Waals surface area (Å²) in [5.74, 6) is 1.51. The van der Waals surface area contributed by atoms with Crippen molar-refractivity contribution in [2.75, 3.05) is 26.8 Å². The van der Waals surface area contributed by atoms with Gasteiger partial charge in [0.25, 0.3) is 0 Å². The van der Waals surface area contributed by atoms with Gasteiger partial charge in [-0.05, 0) is 49.4 Å². The van der Waals surface area contributed by atoms with Crippen molar-refractivity contribution >= 4 is 5.91 Å². The predicted octanol–water partition coefficient (Wildman–Crippen LogP) is 3.25. The van der Waals surface area contributed by atoms with E-state index >= 15 is 0 Å². The highest BCUT2D eigenvalue weighted by Crippen LogP contribution is 2.66. The summed E-state index contributed by atoms with van der Waals surface area (Å²) in [6.45, 7) is 11.5. The fourth-order valence-corrected chi connectivity index (χ4v) is 5.05. The summed E-state index contributed by atoms with van der Waals surface area (Å²) < 4.78 is 5.29. The fourth-order valence-electron chi connectivity index (χ4n) is 5.05. The van der Waals surface area contributed by atoms with Crippen LogP contribution in [-0.2, 0) is 9.53 Å². The van der Waals surface area contributed by atoms with Crippen LogP contribution in [0, 0.1) is 22.7 Å². The molecule has 118 valence electrons. The summed E-state index contributed by atoms with van der Waals surface area (Å²) in [4.78, 5) is 15.4. The first-order chi connectivity index (χ1) is 9.91. The number of fused-ring (bicyclic) bond motifs is 2. The molecular weight excluding hydrogens is 262 g/mol. The number of methoxy groups -OCH3 is 1. The van der Waals surface area contributed by atoms with E-state index in [1.165, 1.54) is 18.4 Å². The number of likely N-dealkylation sites (tertiary alicyclic amines) is 1. The minimum Gasteiger partial charge on any atom is -0.384 e. The Morgan fingerprint density at radius 3 is 2.81 bits per heavy atom. The molecule has 21 heavy (non-hydrogen) atoms. The van der Waals surface area contributed by atoms with Crippen LogP contribution in [0.25, 0.3) is 0 Å². The Morgan fingerprint density at radius 1 is 1.43 bits per heavy atom. The Morgan fingerprint density at radius 2 is 2.19 bits per heavy atom. The van der Waals surface area contributed by atoms with Gasteiger partial charge in [0, 0.05) is 20.2 Å². The van der Waals surface area contributed by atoms with Crippen molar-refractivity contribution in [3.05, 3.63) is 12.2 Å². The highest BCUT2D eigenvalue weighted by Gasteiger charge is 2.61. The van der Waals surface area contributed by atoms with Crippen LogP contribution < -0.4 is 0 Å². The summed E-state index contributed by atoms with van der Waals surface area (Å²) in [5, 5.41) is 0. The van der Waals surface area contributed by atoms with E-state index in [2.05, 4.69) is 25.3 Å². The van der Waals surface area contributed by atoms with E-state index in [0.29, 0.717) is 17.7 Å². The molecule has 3 nitrogen and oxygen atoms in total. The molecule has 2 bridgehead atoms. The van der Waals surface area contributed by atoms with Crippen molar-refractivity contribution in [3.8, 4) is 0 Å². The zero-order valence-electron chi connectivity index (χ0n) is 13.8. The molecule has 0 unspecified atom stereocenters. The van der Waals surface area contributed by atoms with Crippen LogP contribution in [0.1, 0.15) is 46.0 Å². The highest BCUT2D eigenvalue weighted by atomic mass is 16.5. The van der Waals surface area contributed by atoms with Crippen molar-refractivity contribution in [2.45, 2.75) is 46.0 Å². The van der Waals surface area contributed by atoms with Gasteiger partial charge in [0.05, 0.1) is 12.0 Å². The van der Waals surface area contributed by atoms with Gasteiger partial charge in [0.1, 0.15) is 0 Å². The van der Waals surface area contributed by atoms with Crippen LogP contribution in [0.2, 0.25) is 0 Å². The van der Waals surface area contributed by atoms with Crippen molar-refractivity contribution < 1.29 is 9.53 Å². The second kappa shape index (κ2) is 5.12. The lowest BCUT2D eigenvalue weighted by atomic mass is 9.68. The first-order valence-corrected chi connectivity index (χ1v) is 8.40. The third-order valence-corrected chi connectivity index (χ3v) is 6.51. The first kappa shape index (κ1) is 15.1. The van der Waals surface area contributed by atoms with E-state index in [9.17, 15) is 4.79 Å². The minimum atomic E-state index is -0.247. The number of piperidine rings is 1. The molecule has 3 heteroatoms. The average molecular weight is 291 g/mol. The number of ether oxygens (including phenoxy) is 1. The van der Waals surface area contributed by atoms with Gasteiger partial charge in [-0.15, -0.1) is 0 Å². The number of hydrogen-bond acceptors (Lipinski definition) is 2. The first-order valence-electron chi connectivity index (χ1n) is 8.40. The third-order valence-electron chi connectivity index (χ3n) is 6.51. The van der Waals surface area contributed by atoms with Crippen LogP contribution in [0.4, 0.5) is 0 Å². The van der Waals surface area contributed by atoms with Crippen molar-refractivity contribution in [2.24, 2.45) is 22.7 Å². The molecule has 1 saturated heterocycles. The smallest absolute Gasteiger partial charge is 0.232 e. The standard InChI is InChI=1S/C18H29NO2/c1-13-17(2,3)15-7-8-18(13,10-15)16(20)19-9-5-6-14(11-19)12-21-4/h14-15H,1,5-12H2,2-4H3/t14-,15-,18+/m0/s1. The van der Waals surface area contributed by atoms with Crippen LogP contribution in [-0.4, -0.2) is 37.6 Å². The van der Waals surface area contributed by atoms with Crippen molar-refractivity contribution in [1.29, 1.82) is 0 Å². The molecule has 0 aromatic carbocycles. The maximum absolute atomic E-state index is 13.3. The Kier molecular flexibility index (Phi) is 3.67. The van der Waals surface area contributed by atoms with E-state index < -0.39 is 0 Å². The number of nitrogens with zero attached hydrogens (tertiary/aromatic N) is 1. The summed E-state index contributed by atoms with van der Waals surface area (Å²) in [7, 11) is 1.75. The van der Waals surface area contributed by atoms with E-state index in [0.717, 1.165) is 39.0 Å². The molecule has 0 aromatic heterocycles. The summed E-state index contributed by atoms with van der Waals surface area (Å²) in [6.07, 6.45) is 5.52. The number of amides is 1. The third kappa shape index (κ3) is 2.16. The molecule has 3 rings (SSSR count). The molecule has 1 heterocycles. The molecular formula is C18H29NO2. The molecule has 3 aliphatic rings. The van der Waals surface area contributed by atoms with Crippen LogP contribution in [0.15, 0.2) is 12.2 Å². The molecule has 3 fully saturated rings. The fraction of sp³-hybridized carbons (Fsp3) is 0.833. The summed E-state index contributed by atoms with van der Waals surface area (Å²) in [6, 6.07) is 0.